The van der Waals surface area contributed by atoms with Gasteiger partial charge in [-0.25, -0.2) is 0 Å². The predicted octanol–water partition coefficient (Wildman–Crippen LogP) is 4.58. The third-order valence-electron chi connectivity index (χ3n) is 3.99. The second-order valence-electron chi connectivity index (χ2n) is 6.62. The molecule has 0 aliphatic carbocycles. The Labute approximate surface area is 143 Å². The number of thiocarbonyl (C=S) groups is 1. The first-order chi connectivity index (χ1) is 10.9. The highest BCUT2D eigenvalue weighted by molar-refractivity contribution is 7.80. The van der Waals surface area contributed by atoms with Gasteiger partial charge in [0.1, 0.15) is 11.4 Å². The molecule has 120 valence electrons. The topological polar surface area (TPSA) is 33.3 Å². The number of para-hydroxylation sites is 1. The maximum absolute atomic E-state index is 6.06. The van der Waals surface area contributed by atoms with Gasteiger partial charge >= 0.3 is 0 Å². The van der Waals surface area contributed by atoms with E-state index >= 15 is 0 Å². The summed E-state index contributed by atoms with van der Waals surface area (Å²) in [7, 11) is 0. The molecule has 0 aromatic heterocycles. The van der Waals surface area contributed by atoms with Gasteiger partial charge in [0.2, 0.25) is 0 Å². The lowest BCUT2D eigenvalue weighted by atomic mass is 9.90. The third-order valence-corrected chi connectivity index (χ3v) is 4.21. The molecule has 0 saturated heterocycles. The van der Waals surface area contributed by atoms with Crippen LogP contribution < -0.4 is 15.4 Å². The van der Waals surface area contributed by atoms with Crippen molar-refractivity contribution in [1.29, 1.82) is 0 Å². The molecule has 0 bridgehead atoms. The van der Waals surface area contributed by atoms with Crippen LogP contribution in [0.5, 0.6) is 5.75 Å². The van der Waals surface area contributed by atoms with Crippen LogP contribution in [0.25, 0.3) is 0 Å². The molecule has 1 aliphatic heterocycles. The first kappa shape index (κ1) is 15.8. The van der Waals surface area contributed by atoms with E-state index in [9.17, 15) is 0 Å². The van der Waals surface area contributed by atoms with Gasteiger partial charge in [-0.2, -0.15) is 0 Å². The predicted molar refractivity (Wildman–Crippen MR) is 99.0 cm³/mol. The van der Waals surface area contributed by atoms with Gasteiger partial charge in [0.25, 0.3) is 0 Å². The number of rotatable bonds is 2. The molecule has 23 heavy (non-hydrogen) atoms. The number of anilines is 1. The zero-order valence-corrected chi connectivity index (χ0v) is 14.5. The molecule has 3 nitrogen and oxygen atoms in total. The van der Waals surface area contributed by atoms with Crippen LogP contribution >= 0.6 is 12.2 Å². The summed E-state index contributed by atoms with van der Waals surface area (Å²) in [5.41, 5.74) is 3.16. The number of fused-ring (bicyclic) bond motifs is 1. The van der Waals surface area contributed by atoms with Crippen molar-refractivity contribution in [1.82, 2.24) is 5.32 Å². The van der Waals surface area contributed by atoms with Gasteiger partial charge in [0.15, 0.2) is 5.11 Å². The highest BCUT2D eigenvalue weighted by atomic mass is 32.1. The van der Waals surface area contributed by atoms with Crippen LogP contribution in [0.3, 0.4) is 0 Å². The first-order valence-electron chi connectivity index (χ1n) is 7.85. The molecular weight excluding hydrogens is 304 g/mol. The molecule has 4 heteroatoms. The van der Waals surface area contributed by atoms with Gasteiger partial charge < -0.3 is 15.4 Å². The van der Waals surface area contributed by atoms with Crippen molar-refractivity contribution in [2.24, 2.45) is 0 Å². The minimum atomic E-state index is -0.217. The summed E-state index contributed by atoms with van der Waals surface area (Å²) >= 11 is 5.49. The van der Waals surface area contributed by atoms with Crippen LogP contribution in [0.15, 0.2) is 48.5 Å². The maximum atomic E-state index is 6.06. The largest absolute Gasteiger partial charge is 0.487 e. The van der Waals surface area contributed by atoms with Crippen LogP contribution in [0.4, 0.5) is 5.69 Å². The van der Waals surface area contributed by atoms with Crippen LogP contribution in [0.2, 0.25) is 0 Å². The summed E-state index contributed by atoms with van der Waals surface area (Å²) < 4.78 is 6.06. The van der Waals surface area contributed by atoms with Gasteiger partial charge in [-0.3, -0.25) is 0 Å². The van der Waals surface area contributed by atoms with E-state index in [4.69, 9.17) is 17.0 Å². The lowest BCUT2D eigenvalue weighted by Crippen LogP contribution is -2.42. The van der Waals surface area contributed by atoms with Gasteiger partial charge in [-0.1, -0.05) is 35.9 Å². The lowest BCUT2D eigenvalue weighted by Gasteiger charge is -2.38. The highest BCUT2D eigenvalue weighted by Gasteiger charge is 2.33. The normalized spacial score (nSPS) is 18.5. The summed E-state index contributed by atoms with van der Waals surface area (Å²) in [5, 5.41) is 7.32. The lowest BCUT2D eigenvalue weighted by molar-refractivity contribution is 0.0697. The molecule has 2 N–H and O–H groups in total. The number of benzene rings is 2. The van der Waals surface area contributed by atoms with E-state index in [1.54, 1.807) is 0 Å². The Morgan fingerprint density at radius 2 is 1.83 bits per heavy atom. The zero-order valence-electron chi connectivity index (χ0n) is 13.7. The SMILES string of the molecule is Cc1ccc(NC(=S)N[C@@H]2CC(C)(C)Oc3ccccc32)cc1. The number of aryl methyl sites for hydroxylation is 1. The number of nitrogens with one attached hydrogen (secondary N) is 2. The summed E-state index contributed by atoms with van der Waals surface area (Å²) in [5.74, 6) is 0.930. The Kier molecular flexibility index (Phi) is 4.26. The summed E-state index contributed by atoms with van der Waals surface area (Å²) in [6, 6.07) is 16.5. The summed E-state index contributed by atoms with van der Waals surface area (Å²) in [6.45, 7) is 6.28. The fourth-order valence-corrected chi connectivity index (χ4v) is 3.15. The second-order valence-corrected chi connectivity index (χ2v) is 7.03. The van der Waals surface area contributed by atoms with Gasteiger partial charge in [-0.15, -0.1) is 0 Å². The van der Waals surface area contributed by atoms with E-state index in [-0.39, 0.29) is 11.6 Å². The molecule has 0 fully saturated rings. The molecule has 0 amide bonds. The van der Waals surface area contributed by atoms with Crippen molar-refractivity contribution in [3.8, 4) is 5.75 Å². The average Bonchev–Trinajstić information content (AvgIpc) is 2.48. The summed E-state index contributed by atoms with van der Waals surface area (Å²) in [4.78, 5) is 0. The standard InChI is InChI=1S/C19H22N2OS/c1-13-8-10-14(11-9-13)20-18(23)21-16-12-19(2,3)22-17-7-5-4-6-15(16)17/h4-11,16H,12H2,1-3H3,(H2,20,21,23)/t16-/m1/s1. The molecule has 1 aliphatic rings. The second kappa shape index (κ2) is 6.20. The monoisotopic (exact) mass is 326 g/mol. The minimum Gasteiger partial charge on any atom is -0.487 e. The zero-order chi connectivity index (χ0) is 16.4. The fourth-order valence-electron chi connectivity index (χ4n) is 2.89. The Morgan fingerprint density at radius 3 is 2.57 bits per heavy atom. The molecule has 3 rings (SSSR count). The van der Waals surface area contributed by atoms with Crippen molar-refractivity contribution in [3.63, 3.8) is 0 Å². The molecule has 0 spiro atoms. The first-order valence-corrected chi connectivity index (χ1v) is 8.26. The van der Waals surface area contributed by atoms with Crippen molar-refractivity contribution in [2.45, 2.75) is 38.8 Å². The van der Waals surface area contributed by atoms with Gasteiger partial charge in [0.05, 0.1) is 6.04 Å². The quantitative estimate of drug-likeness (QED) is 0.791. The summed E-state index contributed by atoms with van der Waals surface area (Å²) in [6.07, 6.45) is 0.861. The average molecular weight is 326 g/mol. The van der Waals surface area contributed by atoms with E-state index in [1.807, 2.05) is 30.3 Å². The Balaban J connectivity index is 1.74. The van der Waals surface area contributed by atoms with Gasteiger partial charge in [-0.05, 0) is 51.2 Å². The van der Waals surface area contributed by atoms with E-state index in [1.165, 1.54) is 5.56 Å². The van der Waals surface area contributed by atoms with E-state index in [0.29, 0.717) is 5.11 Å². The molecule has 1 atom stereocenters. The number of hydrogen-bond acceptors (Lipinski definition) is 2. The van der Waals surface area contributed by atoms with Crippen molar-refractivity contribution in [3.05, 3.63) is 59.7 Å². The highest BCUT2D eigenvalue weighted by Crippen LogP contribution is 2.39. The van der Waals surface area contributed by atoms with Crippen molar-refractivity contribution in [2.75, 3.05) is 5.32 Å². The molecule has 0 saturated carbocycles. The fraction of sp³-hybridized carbons (Fsp3) is 0.316. The maximum Gasteiger partial charge on any atom is 0.171 e. The van der Waals surface area contributed by atoms with E-state index in [0.717, 1.165) is 23.4 Å². The molecule has 1 heterocycles. The Bertz CT molecular complexity index is 710. The molecule has 2 aromatic carbocycles. The molecule has 2 aromatic rings. The Morgan fingerprint density at radius 1 is 1.13 bits per heavy atom. The molecular formula is C19H22N2OS. The van der Waals surface area contributed by atoms with E-state index < -0.39 is 0 Å². The van der Waals surface area contributed by atoms with Crippen LogP contribution in [-0.2, 0) is 0 Å². The third kappa shape index (κ3) is 3.82. The number of hydrogen-bond donors (Lipinski definition) is 2. The van der Waals surface area contributed by atoms with Crippen molar-refractivity contribution >= 4 is 23.0 Å². The molecule has 0 radical (unpaired) electrons. The van der Waals surface area contributed by atoms with Crippen LogP contribution in [0, 0.1) is 6.92 Å². The Hall–Kier alpha value is -2.07. The molecule has 0 unspecified atom stereocenters. The van der Waals surface area contributed by atoms with Gasteiger partial charge in [0, 0.05) is 17.7 Å². The smallest absolute Gasteiger partial charge is 0.171 e. The van der Waals surface area contributed by atoms with Crippen molar-refractivity contribution < 1.29 is 4.74 Å². The van der Waals surface area contributed by atoms with Crippen LogP contribution in [-0.4, -0.2) is 10.7 Å². The van der Waals surface area contributed by atoms with E-state index in [2.05, 4.69) is 49.6 Å². The number of ether oxygens (including phenoxy) is 1. The van der Waals surface area contributed by atoms with Crippen LogP contribution in [0.1, 0.15) is 37.4 Å². The minimum absolute atomic E-state index is 0.139.